The summed E-state index contributed by atoms with van der Waals surface area (Å²) >= 11 is 0. The summed E-state index contributed by atoms with van der Waals surface area (Å²) < 4.78 is 0. The molecule has 0 bridgehead atoms. The lowest BCUT2D eigenvalue weighted by atomic mass is 10.1. The molecule has 20 heavy (non-hydrogen) atoms. The van der Waals surface area contributed by atoms with E-state index in [4.69, 9.17) is 5.73 Å². The van der Waals surface area contributed by atoms with Crippen LogP contribution in [0.3, 0.4) is 0 Å². The highest BCUT2D eigenvalue weighted by molar-refractivity contribution is 6.01. The normalized spacial score (nSPS) is 9.60. The van der Waals surface area contributed by atoms with Crippen LogP contribution in [-0.2, 0) is 0 Å². The van der Waals surface area contributed by atoms with Gasteiger partial charge in [0.25, 0.3) is 5.91 Å². The molecule has 2 heterocycles. The number of nitrogens with one attached hydrogen (secondary N) is 1. The standard InChI is InChI=1S/C11H8N6O.2ClH/c12-10(18)7-5-6-3-1-2-4-8(6)13-9(7)11-14-16-17-15-11;;/h1-5H,(H2,12,18)(H,14,15,16,17);2*1H. The van der Waals surface area contributed by atoms with Gasteiger partial charge in [0.2, 0.25) is 5.82 Å². The molecule has 0 spiro atoms. The van der Waals surface area contributed by atoms with E-state index in [1.807, 2.05) is 24.3 Å². The fraction of sp³-hybridized carbons (Fsp3) is 0. The predicted octanol–water partition coefficient (Wildman–Crippen LogP) is 1.36. The lowest BCUT2D eigenvalue weighted by Gasteiger charge is -2.04. The van der Waals surface area contributed by atoms with E-state index in [0.717, 1.165) is 10.9 Å². The Kier molecular flexibility index (Phi) is 4.95. The topological polar surface area (TPSA) is 110 Å². The Morgan fingerprint density at radius 1 is 1.20 bits per heavy atom. The second-order valence-corrected chi connectivity index (χ2v) is 3.68. The monoisotopic (exact) mass is 312 g/mol. The molecule has 0 radical (unpaired) electrons. The first kappa shape index (κ1) is 15.8. The van der Waals surface area contributed by atoms with Crippen molar-refractivity contribution in [2.24, 2.45) is 5.73 Å². The van der Waals surface area contributed by atoms with Crippen molar-refractivity contribution in [1.82, 2.24) is 25.6 Å². The molecule has 0 unspecified atom stereocenters. The number of carbonyl (C=O) groups excluding carboxylic acids is 1. The molecule has 7 nitrogen and oxygen atoms in total. The number of fused-ring (bicyclic) bond motifs is 1. The van der Waals surface area contributed by atoms with Crippen LogP contribution in [0.4, 0.5) is 0 Å². The minimum absolute atomic E-state index is 0. The molecule has 3 rings (SSSR count). The summed E-state index contributed by atoms with van der Waals surface area (Å²) in [7, 11) is 0. The maximum absolute atomic E-state index is 11.5. The van der Waals surface area contributed by atoms with Crippen molar-refractivity contribution in [1.29, 1.82) is 0 Å². The summed E-state index contributed by atoms with van der Waals surface area (Å²) in [4.78, 5) is 15.8. The highest BCUT2D eigenvalue weighted by atomic mass is 35.5. The average Bonchev–Trinajstić information content (AvgIpc) is 2.91. The smallest absolute Gasteiger partial charge is 0.251 e. The van der Waals surface area contributed by atoms with E-state index in [2.05, 4.69) is 25.6 Å². The summed E-state index contributed by atoms with van der Waals surface area (Å²) in [6, 6.07) is 9.09. The maximum Gasteiger partial charge on any atom is 0.251 e. The largest absolute Gasteiger partial charge is 0.366 e. The second-order valence-electron chi connectivity index (χ2n) is 3.68. The summed E-state index contributed by atoms with van der Waals surface area (Å²) in [6.45, 7) is 0. The Labute approximate surface area is 125 Å². The van der Waals surface area contributed by atoms with Gasteiger partial charge in [-0.25, -0.2) is 4.98 Å². The summed E-state index contributed by atoms with van der Waals surface area (Å²) in [5, 5.41) is 14.2. The number of aromatic amines is 1. The molecule has 0 saturated heterocycles. The fourth-order valence-electron chi connectivity index (χ4n) is 1.74. The van der Waals surface area contributed by atoms with Gasteiger partial charge in [-0.2, -0.15) is 5.21 Å². The molecule has 0 aliphatic heterocycles. The molecule has 1 aromatic carbocycles. The number of nitrogens with zero attached hydrogens (tertiary/aromatic N) is 4. The SMILES string of the molecule is Cl.Cl.NC(=O)c1cc2ccccc2nc1-c1nn[nH]n1. The van der Waals surface area contributed by atoms with Crippen molar-refractivity contribution in [3.63, 3.8) is 0 Å². The van der Waals surface area contributed by atoms with E-state index in [9.17, 15) is 4.79 Å². The van der Waals surface area contributed by atoms with Crippen LogP contribution in [0.2, 0.25) is 0 Å². The van der Waals surface area contributed by atoms with Crippen LogP contribution in [0.1, 0.15) is 10.4 Å². The fourth-order valence-corrected chi connectivity index (χ4v) is 1.74. The number of carbonyl (C=O) groups is 1. The van der Waals surface area contributed by atoms with Gasteiger partial charge in [0.15, 0.2) is 0 Å². The molecule has 0 aliphatic rings. The van der Waals surface area contributed by atoms with E-state index in [1.54, 1.807) is 6.07 Å². The first-order chi connectivity index (χ1) is 8.75. The number of hydrogen-bond donors (Lipinski definition) is 2. The van der Waals surface area contributed by atoms with Crippen LogP contribution in [0.25, 0.3) is 22.4 Å². The molecule has 0 saturated carbocycles. The Morgan fingerprint density at radius 3 is 2.60 bits per heavy atom. The Bertz CT molecular complexity index is 731. The molecule has 2 aromatic heterocycles. The number of benzene rings is 1. The zero-order chi connectivity index (χ0) is 12.5. The quantitative estimate of drug-likeness (QED) is 0.742. The number of aromatic nitrogens is 5. The number of halogens is 2. The van der Waals surface area contributed by atoms with E-state index < -0.39 is 5.91 Å². The van der Waals surface area contributed by atoms with Gasteiger partial charge in [-0.15, -0.1) is 35.0 Å². The van der Waals surface area contributed by atoms with Crippen LogP contribution < -0.4 is 5.73 Å². The summed E-state index contributed by atoms with van der Waals surface area (Å²) in [5.74, 6) is -0.331. The van der Waals surface area contributed by atoms with Gasteiger partial charge in [-0.05, 0) is 17.3 Å². The van der Waals surface area contributed by atoms with Crippen LogP contribution >= 0.6 is 24.8 Å². The summed E-state index contributed by atoms with van der Waals surface area (Å²) in [5.41, 5.74) is 6.69. The van der Waals surface area contributed by atoms with Gasteiger partial charge in [-0.1, -0.05) is 18.2 Å². The van der Waals surface area contributed by atoms with Gasteiger partial charge >= 0.3 is 0 Å². The summed E-state index contributed by atoms with van der Waals surface area (Å²) in [6.07, 6.45) is 0. The first-order valence-electron chi connectivity index (χ1n) is 5.19. The predicted molar refractivity (Wildman–Crippen MR) is 77.9 cm³/mol. The lowest BCUT2D eigenvalue weighted by Crippen LogP contribution is -2.13. The Morgan fingerprint density at radius 2 is 1.95 bits per heavy atom. The minimum Gasteiger partial charge on any atom is -0.366 e. The second kappa shape index (κ2) is 6.27. The number of rotatable bonds is 2. The van der Waals surface area contributed by atoms with Gasteiger partial charge in [0.05, 0.1) is 11.1 Å². The highest BCUT2D eigenvalue weighted by Crippen LogP contribution is 2.22. The molecule has 104 valence electrons. The van der Waals surface area contributed by atoms with Crippen molar-refractivity contribution < 1.29 is 4.79 Å². The van der Waals surface area contributed by atoms with Crippen LogP contribution in [0, 0.1) is 0 Å². The van der Waals surface area contributed by atoms with Gasteiger partial charge in [0.1, 0.15) is 5.69 Å². The van der Waals surface area contributed by atoms with Gasteiger partial charge < -0.3 is 5.73 Å². The van der Waals surface area contributed by atoms with Gasteiger partial charge in [-0.3, -0.25) is 4.79 Å². The number of primary amides is 1. The highest BCUT2D eigenvalue weighted by Gasteiger charge is 2.16. The van der Waals surface area contributed by atoms with Crippen molar-refractivity contribution >= 4 is 41.6 Å². The van der Waals surface area contributed by atoms with Crippen molar-refractivity contribution in [2.45, 2.75) is 0 Å². The number of pyridine rings is 1. The molecular weight excluding hydrogens is 303 g/mol. The number of hydrogen-bond acceptors (Lipinski definition) is 5. The number of nitrogens with two attached hydrogens (primary N) is 1. The zero-order valence-corrected chi connectivity index (χ0v) is 11.6. The maximum atomic E-state index is 11.5. The minimum atomic E-state index is -0.576. The third kappa shape index (κ3) is 2.68. The third-order valence-electron chi connectivity index (χ3n) is 2.55. The van der Waals surface area contributed by atoms with Crippen molar-refractivity contribution in [2.75, 3.05) is 0 Å². The van der Waals surface area contributed by atoms with E-state index >= 15 is 0 Å². The van der Waals surface area contributed by atoms with E-state index in [-0.39, 0.29) is 36.2 Å². The molecule has 3 aromatic rings. The van der Waals surface area contributed by atoms with E-state index in [0.29, 0.717) is 5.69 Å². The van der Waals surface area contributed by atoms with Crippen LogP contribution in [0.15, 0.2) is 30.3 Å². The van der Waals surface area contributed by atoms with Crippen LogP contribution in [0.5, 0.6) is 0 Å². The lowest BCUT2D eigenvalue weighted by molar-refractivity contribution is 0.100. The van der Waals surface area contributed by atoms with Crippen molar-refractivity contribution in [3.05, 3.63) is 35.9 Å². The Hall–Kier alpha value is -2.25. The molecular formula is C11H10Cl2N6O. The van der Waals surface area contributed by atoms with Crippen molar-refractivity contribution in [3.8, 4) is 11.5 Å². The van der Waals surface area contributed by atoms with E-state index in [1.165, 1.54) is 0 Å². The molecule has 0 atom stereocenters. The third-order valence-corrected chi connectivity index (χ3v) is 2.55. The average molecular weight is 313 g/mol. The molecule has 0 fully saturated rings. The number of tetrazole rings is 1. The number of H-pyrrole nitrogens is 1. The van der Waals surface area contributed by atoms with Crippen LogP contribution in [-0.4, -0.2) is 31.5 Å². The molecule has 9 heteroatoms. The Balaban J connectivity index is 0.000001000. The molecule has 3 N–H and O–H groups in total. The number of para-hydroxylation sites is 1. The zero-order valence-electron chi connectivity index (χ0n) is 9.98. The van der Waals surface area contributed by atoms with Gasteiger partial charge in [0, 0.05) is 5.39 Å². The first-order valence-corrected chi connectivity index (χ1v) is 5.19. The molecule has 1 amide bonds. The number of amides is 1. The molecule has 0 aliphatic carbocycles.